The second-order valence-corrected chi connectivity index (χ2v) is 8.48. The van der Waals surface area contributed by atoms with Crippen molar-refractivity contribution in [1.82, 2.24) is 10.2 Å². The number of hydrogen-bond acceptors (Lipinski definition) is 5. The van der Waals surface area contributed by atoms with E-state index in [-0.39, 0.29) is 0 Å². The molecule has 1 aliphatic rings. The lowest BCUT2D eigenvalue weighted by atomic mass is 9.92. The van der Waals surface area contributed by atoms with Crippen LogP contribution in [0.15, 0.2) is 42.5 Å². The number of ether oxygens (including phenoxy) is 2. The molecule has 32 heavy (non-hydrogen) atoms. The minimum Gasteiger partial charge on any atom is -0.497 e. The van der Waals surface area contributed by atoms with Crippen LogP contribution in [0.3, 0.4) is 0 Å². The van der Waals surface area contributed by atoms with Crippen molar-refractivity contribution in [3.63, 3.8) is 0 Å². The Labute approximate surface area is 191 Å². The Kier molecular flexibility index (Phi) is 6.93. The predicted molar refractivity (Wildman–Crippen MR) is 121 cm³/mol. The van der Waals surface area contributed by atoms with Crippen molar-refractivity contribution in [3.05, 3.63) is 53.1 Å². The molecule has 170 valence electrons. The lowest BCUT2D eigenvalue weighted by Gasteiger charge is -2.22. The summed E-state index contributed by atoms with van der Waals surface area (Å²) < 4.78 is 10.7. The van der Waals surface area contributed by atoms with E-state index in [9.17, 15) is 14.4 Å². The summed E-state index contributed by atoms with van der Waals surface area (Å²) in [5.41, 5.74) is -0.257. The monoisotopic (exact) mass is 459 g/mol. The second kappa shape index (κ2) is 9.48. The van der Waals surface area contributed by atoms with Crippen molar-refractivity contribution in [2.45, 2.75) is 26.3 Å². The van der Waals surface area contributed by atoms with Gasteiger partial charge in [0.05, 0.1) is 18.7 Å². The van der Waals surface area contributed by atoms with Gasteiger partial charge in [0.15, 0.2) is 0 Å². The predicted octanol–water partition coefficient (Wildman–Crippen LogP) is 3.79. The summed E-state index contributed by atoms with van der Waals surface area (Å²) in [7, 11) is 1.54. The first-order valence-electron chi connectivity index (χ1n) is 10.1. The smallest absolute Gasteiger partial charge is 0.325 e. The van der Waals surface area contributed by atoms with E-state index in [1.807, 2.05) is 13.8 Å². The summed E-state index contributed by atoms with van der Waals surface area (Å²) in [5, 5.41) is 5.68. The molecule has 3 rings (SSSR count). The molecule has 0 saturated carbocycles. The van der Waals surface area contributed by atoms with Crippen LogP contribution in [0.1, 0.15) is 26.3 Å². The number of rotatable bonds is 8. The Bertz CT molecular complexity index is 1020. The van der Waals surface area contributed by atoms with E-state index in [1.54, 1.807) is 56.5 Å². The Morgan fingerprint density at radius 2 is 1.88 bits per heavy atom. The lowest BCUT2D eigenvalue weighted by Crippen LogP contribution is -2.42. The molecule has 1 unspecified atom stereocenters. The van der Waals surface area contributed by atoms with Gasteiger partial charge in [-0.25, -0.2) is 4.79 Å². The van der Waals surface area contributed by atoms with E-state index in [4.69, 9.17) is 21.1 Å². The van der Waals surface area contributed by atoms with Crippen LogP contribution in [-0.2, 0) is 15.1 Å². The van der Waals surface area contributed by atoms with E-state index in [0.717, 1.165) is 4.90 Å². The van der Waals surface area contributed by atoms with Crippen LogP contribution in [0.4, 0.5) is 10.5 Å². The highest BCUT2D eigenvalue weighted by Gasteiger charge is 2.49. The van der Waals surface area contributed by atoms with Crippen molar-refractivity contribution >= 4 is 35.1 Å². The number of carbonyl (C=O) groups excluding carboxylic acids is 3. The quantitative estimate of drug-likeness (QED) is 0.585. The molecule has 1 atom stereocenters. The number of nitrogens with one attached hydrogen (secondary N) is 2. The maximum atomic E-state index is 13.0. The summed E-state index contributed by atoms with van der Waals surface area (Å²) in [4.78, 5) is 38.9. The molecule has 0 radical (unpaired) electrons. The maximum Gasteiger partial charge on any atom is 0.325 e. The van der Waals surface area contributed by atoms with Crippen molar-refractivity contribution in [1.29, 1.82) is 0 Å². The number of amides is 4. The Hall–Kier alpha value is -3.26. The lowest BCUT2D eigenvalue weighted by molar-refractivity contribution is -0.133. The number of benzene rings is 2. The summed E-state index contributed by atoms with van der Waals surface area (Å²) in [6.07, 6.45) is 0. The van der Waals surface area contributed by atoms with Crippen LogP contribution in [0.25, 0.3) is 0 Å². The molecule has 0 aromatic heterocycles. The summed E-state index contributed by atoms with van der Waals surface area (Å²) in [6.45, 7) is 5.74. The average molecular weight is 460 g/mol. The molecule has 1 fully saturated rings. The fourth-order valence-corrected chi connectivity index (χ4v) is 3.49. The number of methoxy groups -OCH3 is 1. The second-order valence-electron chi connectivity index (χ2n) is 8.07. The number of anilines is 1. The third kappa shape index (κ3) is 4.96. The number of carbonyl (C=O) groups is 3. The highest BCUT2D eigenvalue weighted by Crippen LogP contribution is 2.31. The van der Waals surface area contributed by atoms with Gasteiger partial charge in [0.1, 0.15) is 23.6 Å². The fourth-order valence-electron chi connectivity index (χ4n) is 3.26. The van der Waals surface area contributed by atoms with E-state index in [0.29, 0.717) is 40.3 Å². The minimum absolute atomic E-state index is 0.346. The third-order valence-corrected chi connectivity index (χ3v) is 5.33. The summed E-state index contributed by atoms with van der Waals surface area (Å²) in [5.74, 6) is 0.447. The first-order valence-corrected chi connectivity index (χ1v) is 10.5. The Balaban J connectivity index is 1.66. The number of imide groups is 1. The van der Waals surface area contributed by atoms with Gasteiger partial charge < -0.3 is 20.1 Å². The molecule has 0 aliphatic carbocycles. The van der Waals surface area contributed by atoms with E-state index in [2.05, 4.69) is 10.6 Å². The Morgan fingerprint density at radius 3 is 2.47 bits per heavy atom. The van der Waals surface area contributed by atoms with E-state index >= 15 is 0 Å². The average Bonchev–Trinajstić information content (AvgIpc) is 2.97. The minimum atomic E-state index is -1.28. The van der Waals surface area contributed by atoms with Crippen molar-refractivity contribution in [2.24, 2.45) is 5.92 Å². The maximum absolute atomic E-state index is 13.0. The van der Waals surface area contributed by atoms with Crippen LogP contribution in [-0.4, -0.2) is 43.0 Å². The van der Waals surface area contributed by atoms with Gasteiger partial charge >= 0.3 is 6.03 Å². The van der Waals surface area contributed by atoms with E-state index < -0.39 is 29.9 Å². The molecule has 1 aliphatic heterocycles. The van der Waals surface area contributed by atoms with Gasteiger partial charge in [-0.3, -0.25) is 14.5 Å². The first-order chi connectivity index (χ1) is 15.1. The molecule has 2 aromatic carbocycles. The topological polar surface area (TPSA) is 97.0 Å². The summed E-state index contributed by atoms with van der Waals surface area (Å²) >= 11 is 6.23. The Morgan fingerprint density at radius 1 is 1.19 bits per heavy atom. The number of halogens is 1. The summed E-state index contributed by atoms with van der Waals surface area (Å²) in [6, 6.07) is 11.0. The first kappa shape index (κ1) is 23.4. The molecule has 8 nitrogen and oxygen atoms in total. The van der Waals surface area contributed by atoms with Crippen molar-refractivity contribution in [3.8, 4) is 11.5 Å². The van der Waals surface area contributed by atoms with Gasteiger partial charge in [0.2, 0.25) is 5.91 Å². The third-order valence-electron chi connectivity index (χ3n) is 5.03. The fraction of sp³-hybridized carbons (Fsp3) is 0.348. The van der Waals surface area contributed by atoms with Gasteiger partial charge in [-0.1, -0.05) is 37.6 Å². The molecule has 0 bridgehead atoms. The van der Waals surface area contributed by atoms with Crippen LogP contribution in [0, 0.1) is 5.92 Å². The molecule has 1 heterocycles. The van der Waals surface area contributed by atoms with Gasteiger partial charge in [-0.2, -0.15) is 0 Å². The van der Waals surface area contributed by atoms with Crippen LogP contribution >= 0.6 is 11.6 Å². The largest absolute Gasteiger partial charge is 0.497 e. The highest BCUT2D eigenvalue weighted by atomic mass is 35.5. The molecule has 2 N–H and O–H groups in total. The standard InChI is InChI=1S/C23H26ClN3O5/c1-14(2)13-32-19-10-7-16(11-18(19)24)25-20(28)12-27-21(29)23(3,26-22(27)30)15-5-8-17(31-4)9-6-15/h5-11,14H,12-13H2,1-4H3,(H,25,28)(H,26,30). The number of nitrogens with zero attached hydrogens (tertiary/aromatic N) is 1. The molecule has 1 saturated heterocycles. The molecule has 0 spiro atoms. The molecule has 9 heteroatoms. The van der Waals surface area contributed by atoms with Gasteiger partial charge in [0, 0.05) is 5.69 Å². The van der Waals surface area contributed by atoms with Crippen LogP contribution in [0.2, 0.25) is 5.02 Å². The number of urea groups is 1. The molecule has 4 amide bonds. The zero-order chi connectivity index (χ0) is 23.5. The van der Waals surface area contributed by atoms with E-state index in [1.165, 1.54) is 0 Å². The zero-order valence-corrected chi connectivity index (χ0v) is 19.2. The van der Waals surface area contributed by atoms with Crippen LogP contribution in [0.5, 0.6) is 11.5 Å². The van der Waals surface area contributed by atoms with Gasteiger partial charge in [-0.05, 0) is 48.7 Å². The van der Waals surface area contributed by atoms with Gasteiger partial charge in [-0.15, -0.1) is 0 Å². The van der Waals surface area contributed by atoms with Gasteiger partial charge in [0.25, 0.3) is 5.91 Å². The van der Waals surface area contributed by atoms with Crippen molar-refractivity contribution < 1.29 is 23.9 Å². The normalized spacial score (nSPS) is 18.0. The SMILES string of the molecule is COc1ccc(C2(C)NC(=O)N(CC(=O)Nc3ccc(OCC(C)C)c(Cl)c3)C2=O)cc1. The van der Waals surface area contributed by atoms with Crippen molar-refractivity contribution in [2.75, 3.05) is 25.6 Å². The molecular formula is C23H26ClN3O5. The van der Waals surface area contributed by atoms with Crippen LogP contribution < -0.4 is 20.1 Å². The molecular weight excluding hydrogens is 434 g/mol. The molecule has 2 aromatic rings. The highest BCUT2D eigenvalue weighted by molar-refractivity contribution is 6.32. The zero-order valence-electron chi connectivity index (χ0n) is 18.4. The number of hydrogen-bond donors (Lipinski definition) is 2.